The Morgan fingerprint density at radius 2 is 1.83 bits per heavy atom. The quantitative estimate of drug-likeness (QED) is 0.701. The summed E-state index contributed by atoms with van der Waals surface area (Å²) in [5.74, 6) is 0.282. The van der Waals surface area contributed by atoms with Crippen LogP contribution in [-0.4, -0.2) is 60.9 Å². The molecule has 5 heteroatoms. The Balaban J connectivity index is 2.10. The highest BCUT2D eigenvalue weighted by Crippen LogP contribution is 2.02. The number of hydrogen-bond donors (Lipinski definition) is 1. The zero-order chi connectivity index (χ0) is 13.4. The molecule has 1 rings (SSSR count). The minimum absolute atomic E-state index is 0.137. The smallest absolute Gasteiger partial charge is 0.221 e. The molecule has 1 aliphatic heterocycles. The molecule has 0 atom stereocenters. The Hall–Kier alpha value is -1.10. The monoisotopic (exact) mass is 255 g/mol. The van der Waals surface area contributed by atoms with E-state index >= 15 is 0 Å². The van der Waals surface area contributed by atoms with Gasteiger partial charge >= 0.3 is 0 Å². The molecule has 1 N–H and O–H groups in total. The van der Waals surface area contributed by atoms with Crippen LogP contribution in [0.25, 0.3) is 0 Å². The maximum Gasteiger partial charge on any atom is 0.221 e. The predicted octanol–water partition coefficient (Wildman–Crippen LogP) is 0.457. The fraction of sp³-hybridized carbons (Fsp3) is 0.846. The number of carbonyl (C=O) groups is 2. The molecule has 1 saturated heterocycles. The Morgan fingerprint density at radius 3 is 2.39 bits per heavy atom. The summed E-state index contributed by atoms with van der Waals surface area (Å²) in [5, 5.41) is 2.92. The van der Waals surface area contributed by atoms with Gasteiger partial charge in [-0.25, -0.2) is 0 Å². The van der Waals surface area contributed by atoms with Crippen molar-refractivity contribution < 1.29 is 9.59 Å². The lowest BCUT2D eigenvalue weighted by atomic mass is 10.2. The van der Waals surface area contributed by atoms with E-state index < -0.39 is 0 Å². The van der Waals surface area contributed by atoms with Crippen LogP contribution in [0, 0.1) is 0 Å². The first-order valence-corrected chi connectivity index (χ1v) is 6.88. The van der Waals surface area contributed by atoms with Crippen LogP contribution in [-0.2, 0) is 9.59 Å². The number of unbranched alkanes of at least 4 members (excludes halogenated alkanes) is 1. The second-order valence-electron chi connectivity index (χ2n) is 4.80. The minimum atomic E-state index is 0.137. The molecule has 1 heterocycles. The van der Waals surface area contributed by atoms with Crippen LogP contribution in [0.2, 0.25) is 0 Å². The molecule has 0 aromatic heterocycles. The Labute approximate surface area is 110 Å². The lowest BCUT2D eigenvalue weighted by Gasteiger charge is -2.34. The molecule has 1 aliphatic rings. The third kappa shape index (κ3) is 5.49. The van der Waals surface area contributed by atoms with Crippen LogP contribution < -0.4 is 5.32 Å². The summed E-state index contributed by atoms with van der Waals surface area (Å²) in [7, 11) is 0. The SMILES string of the molecule is CCCCNC(=O)CCN1CCN(C(C)=O)CC1. The Kier molecular flexibility index (Phi) is 6.72. The normalized spacial score (nSPS) is 16.7. The van der Waals surface area contributed by atoms with E-state index in [9.17, 15) is 9.59 Å². The summed E-state index contributed by atoms with van der Waals surface area (Å²) in [5.41, 5.74) is 0. The number of nitrogens with zero attached hydrogens (tertiary/aromatic N) is 2. The number of carbonyl (C=O) groups excluding carboxylic acids is 2. The van der Waals surface area contributed by atoms with Gasteiger partial charge in [-0.05, 0) is 6.42 Å². The van der Waals surface area contributed by atoms with Gasteiger partial charge in [0, 0.05) is 52.6 Å². The molecule has 0 aromatic carbocycles. The molecule has 0 spiro atoms. The van der Waals surface area contributed by atoms with E-state index in [0.29, 0.717) is 6.42 Å². The van der Waals surface area contributed by atoms with Crippen LogP contribution in [0.5, 0.6) is 0 Å². The van der Waals surface area contributed by atoms with E-state index in [4.69, 9.17) is 0 Å². The second kappa shape index (κ2) is 8.08. The maximum absolute atomic E-state index is 11.5. The van der Waals surface area contributed by atoms with Crippen molar-refractivity contribution in [3.05, 3.63) is 0 Å². The van der Waals surface area contributed by atoms with E-state index in [-0.39, 0.29) is 11.8 Å². The number of amides is 2. The topological polar surface area (TPSA) is 52.7 Å². The van der Waals surface area contributed by atoms with Gasteiger partial charge in [0.25, 0.3) is 0 Å². The summed E-state index contributed by atoms with van der Waals surface area (Å²) in [6.45, 7) is 8.62. The van der Waals surface area contributed by atoms with Crippen LogP contribution in [0.4, 0.5) is 0 Å². The molecule has 0 aromatic rings. The molecule has 0 saturated carbocycles. The first-order chi connectivity index (χ1) is 8.63. The number of hydrogen-bond acceptors (Lipinski definition) is 3. The first kappa shape index (κ1) is 15.0. The van der Waals surface area contributed by atoms with Crippen molar-refractivity contribution in [3.63, 3.8) is 0 Å². The van der Waals surface area contributed by atoms with Gasteiger partial charge in [-0.1, -0.05) is 13.3 Å². The lowest BCUT2D eigenvalue weighted by Crippen LogP contribution is -2.48. The second-order valence-corrected chi connectivity index (χ2v) is 4.80. The average Bonchev–Trinajstić information content (AvgIpc) is 2.37. The Morgan fingerprint density at radius 1 is 1.17 bits per heavy atom. The van der Waals surface area contributed by atoms with Crippen LogP contribution in [0.1, 0.15) is 33.1 Å². The zero-order valence-electron chi connectivity index (χ0n) is 11.6. The largest absolute Gasteiger partial charge is 0.356 e. The van der Waals surface area contributed by atoms with Gasteiger partial charge in [-0.15, -0.1) is 0 Å². The molecule has 0 radical (unpaired) electrons. The van der Waals surface area contributed by atoms with Crippen molar-refractivity contribution in [1.29, 1.82) is 0 Å². The zero-order valence-corrected chi connectivity index (χ0v) is 11.6. The van der Waals surface area contributed by atoms with Gasteiger partial charge in [0.05, 0.1) is 0 Å². The van der Waals surface area contributed by atoms with Crippen LogP contribution in [0.15, 0.2) is 0 Å². The summed E-state index contributed by atoms with van der Waals surface area (Å²) in [6, 6.07) is 0. The fourth-order valence-electron chi connectivity index (χ4n) is 2.04. The molecule has 18 heavy (non-hydrogen) atoms. The van der Waals surface area contributed by atoms with Gasteiger partial charge in [0.2, 0.25) is 11.8 Å². The fourth-order valence-corrected chi connectivity index (χ4v) is 2.04. The maximum atomic E-state index is 11.5. The van der Waals surface area contributed by atoms with Gasteiger partial charge in [-0.3, -0.25) is 14.5 Å². The number of nitrogens with one attached hydrogen (secondary N) is 1. The molecule has 0 unspecified atom stereocenters. The molecule has 104 valence electrons. The van der Waals surface area contributed by atoms with E-state index in [1.165, 1.54) is 0 Å². The van der Waals surface area contributed by atoms with E-state index in [1.54, 1.807) is 6.92 Å². The van der Waals surface area contributed by atoms with Crippen LogP contribution >= 0.6 is 0 Å². The van der Waals surface area contributed by atoms with Crippen LogP contribution in [0.3, 0.4) is 0 Å². The summed E-state index contributed by atoms with van der Waals surface area (Å²) < 4.78 is 0. The van der Waals surface area contributed by atoms with Gasteiger partial charge < -0.3 is 10.2 Å². The van der Waals surface area contributed by atoms with Crippen molar-refractivity contribution in [3.8, 4) is 0 Å². The van der Waals surface area contributed by atoms with Crippen molar-refractivity contribution in [1.82, 2.24) is 15.1 Å². The van der Waals surface area contributed by atoms with E-state index in [1.807, 2.05) is 4.90 Å². The first-order valence-electron chi connectivity index (χ1n) is 6.88. The molecule has 1 fully saturated rings. The summed E-state index contributed by atoms with van der Waals surface area (Å²) in [4.78, 5) is 26.8. The average molecular weight is 255 g/mol. The minimum Gasteiger partial charge on any atom is -0.356 e. The molecule has 0 aliphatic carbocycles. The van der Waals surface area contributed by atoms with Crippen molar-refractivity contribution in [2.24, 2.45) is 0 Å². The highest BCUT2D eigenvalue weighted by Gasteiger charge is 2.18. The van der Waals surface area contributed by atoms with Crippen molar-refractivity contribution >= 4 is 11.8 Å². The number of rotatable bonds is 6. The third-order valence-corrected chi connectivity index (χ3v) is 3.33. The number of piperazine rings is 1. The van der Waals surface area contributed by atoms with Crippen molar-refractivity contribution in [2.45, 2.75) is 33.1 Å². The van der Waals surface area contributed by atoms with Gasteiger partial charge in [-0.2, -0.15) is 0 Å². The highest BCUT2D eigenvalue weighted by atomic mass is 16.2. The highest BCUT2D eigenvalue weighted by molar-refractivity contribution is 5.76. The van der Waals surface area contributed by atoms with Crippen molar-refractivity contribution in [2.75, 3.05) is 39.3 Å². The third-order valence-electron chi connectivity index (χ3n) is 3.33. The standard InChI is InChI=1S/C13H25N3O2/c1-3-4-6-14-13(18)5-7-15-8-10-16(11-9-15)12(2)17/h3-11H2,1-2H3,(H,14,18). The summed E-state index contributed by atoms with van der Waals surface area (Å²) in [6.07, 6.45) is 2.71. The molecule has 2 amide bonds. The van der Waals surface area contributed by atoms with Gasteiger partial charge in [0.15, 0.2) is 0 Å². The predicted molar refractivity (Wildman–Crippen MR) is 71.2 cm³/mol. The van der Waals surface area contributed by atoms with E-state index in [0.717, 1.165) is 52.1 Å². The molecule has 0 bridgehead atoms. The molecule has 5 nitrogen and oxygen atoms in total. The van der Waals surface area contributed by atoms with Gasteiger partial charge in [0.1, 0.15) is 0 Å². The lowest BCUT2D eigenvalue weighted by molar-refractivity contribution is -0.131. The van der Waals surface area contributed by atoms with E-state index in [2.05, 4.69) is 17.1 Å². The summed E-state index contributed by atoms with van der Waals surface area (Å²) >= 11 is 0. The molecular weight excluding hydrogens is 230 g/mol. The Bertz CT molecular complexity index is 273. The molecular formula is C13H25N3O2.